The molecular weight excluding hydrogens is 420 g/mol. The van der Waals surface area contributed by atoms with Crippen LogP contribution in [0.4, 0.5) is 17.2 Å². The van der Waals surface area contributed by atoms with Gasteiger partial charge >= 0.3 is 5.97 Å². The monoisotopic (exact) mass is 440 g/mol. The number of aryl methyl sites for hydroxylation is 2. The molecule has 2 heterocycles. The maximum absolute atomic E-state index is 13.5. The van der Waals surface area contributed by atoms with Gasteiger partial charge < -0.3 is 20.1 Å². The molecule has 0 fully saturated rings. The molecule has 3 aromatic rings. The number of carboxylic acids is 1. The zero-order valence-electron chi connectivity index (χ0n) is 17.2. The van der Waals surface area contributed by atoms with E-state index in [4.69, 9.17) is 21.4 Å². The molecule has 0 spiro atoms. The van der Waals surface area contributed by atoms with Crippen LogP contribution >= 0.6 is 11.6 Å². The number of nitrogens with one attached hydrogen (secondary N) is 1. The van der Waals surface area contributed by atoms with E-state index in [0.717, 1.165) is 28.3 Å². The smallest absolute Gasteiger partial charge is 0.344 e. The highest BCUT2D eigenvalue weighted by atomic mass is 35.5. The summed E-state index contributed by atoms with van der Waals surface area (Å²) in [5.74, 6) is -0.279. The first-order chi connectivity index (χ1) is 14.7. The second kappa shape index (κ2) is 7.96. The largest absolute Gasteiger partial charge is 0.479 e. The number of rotatable bonds is 4. The van der Waals surface area contributed by atoms with Gasteiger partial charge in [0.05, 0.1) is 34.7 Å². The molecule has 31 heavy (non-hydrogen) atoms. The lowest BCUT2D eigenvalue weighted by atomic mass is 10.1. The average Bonchev–Trinajstić information content (AvgIpc) is 2.96. The highest BCUT2D eigenvalue weighted by molar-refractivity contribution is 6.34. The van der Waals surface area contributed by atoms with Crippen molar-refractivity contribution in [1.82, 2.24) is 9.78 Å². The molecule has 1 unspecified atom stereocenters. The van der Waals surface area contributed by atoms with Gasteiger partial charge in [-0.25, -0.2) is 4.79 Å². The minimum atomic E-state index is -1.09. The Labute approximate surface area is 184 Å². The van der Waals surface area contributed by atoms with Gasteiger partial charge in [0.2, 0.25) is 0 Å². The molecule has 8 nitrogen and oxygen atoms in total. The zero-order chi connectivity index (χ0) is 22.3. The van der Waals surface area contributed by atoms with Gasteiger partial charge in [0.1, 0.15) is 11.6 Å². The normalized spacial score (nSPS) is 13.5. The van der Waals surface area contributed by atoms with Crippen molar-refractivity contribution in [3.8, 4) is 5.75 Å². The number of carbonyl (C=O) groups is 2. The first-order valence-corrected chi connectivity index (χ1v) is 10.0. The Kier molecular flexibility index (Phi) is 5.32. The molecule has 0 bridgehead atoms. The number of hydrogen-bond acceptors (Lipinski definition) is 5. The summed E-state index contributed by atoms with van der Waals surface area (Å²) in [6, 6.07) is 10.4. The topological polar surface area (TPSA) is 96.7 Å². The van der Waals surface area contributed by atoms with Crippen LogP contribution in [-0.4, -0.2) is 32.9 Å². The Hall–Kier alpha value is -3.52. The number of hydrogen-bond donors (Lipinski definition) is 2. The SMILES string of the molecule is Cc1ccc2c(c1)Nc1c(cnn1C)CN2C(=O)c1ccc(OC(C)C(=O)O)cc1Cl. The number of anilines is 3. The number of carbonyl (C=O) groups excluding carboxylic acids is 1. The number of aromatic nitrogens is 2. The highest BCUT2D eigenvalue weighted by Gasteiger charge is 2.28. The number of amides is 1. The van der Waals surface area contributed by atoms with E-state index < -0.39 is 12.1 Å². The highest BCUT2D eigenvalue weighted by Crippen LogP contribution is 2.37. The van der Waals surface area contributed by atoms with E-state index in [1.807, 2.05) is 32.2 Å². The van der Waals surface area contributed by atoms with Crippen LogP contribution in [0, 0.1) is 6.92 Å². The maximum atomic E-state index is 13.5. The van der Waals surface area contributed by atoms with Gasteiger partial charge in [0.15, 0.2) is 6.10 Å². The molecule has 0 aliphatic carbocycles. The Bertz CT molecular complexity index is 1190. The Balaban J connectivity index is 1.72. The van der Waals surface area contributed by atoms with Crippen LogP contribution in [0.2, 0.25) is 5.02 Å². The summed E-state index contributed by atoms with van der Waals surface area (Å²) in [6.07, 6.45) is 0.695. The number of nitrogens with zero attached hydrogens (tertiary/aromatic N) is 3. The molecule has 0 radical (unpaired) electrons. The van der Waals surface area contributed by atoms with Crippen LogP contribution in [0.3, 0.4) is 0 Å². The summed E-state index contributed by atoms with van der Waals surface area (Å²) in [5, 5.41) is 16.9. The summed E-state index contributed by atoms with van der Waals surface area (Å²) in [6.45, 7) is 3.72. The summed E-state index contributed by atoms with van der Waals surface area (Å²) in [4.78, 5) is 26.2. The van der Waals surface area contributed by atoms with Crippen LogP contribution in [0.15, 0.2) is 42.6 Å². The first-order valence-electron chi connectivity index (χ1n) is 9.64. The summed E-state index contributed by atoms with van der Waals surface area (Å²) in [5.41, 5.74) is 3.73. The van der Waals surface area contributed by atoms with Crippen molar-refractivity contribution in [2.45, 2.75) is 26.5 Å². The third-order valence-corrected chi connectivity index (χ3v) is 5.43. The Morgan fingerprint density at radius 3 is 2.74 bits per heavy atom. The molecule has 4 rings (SSSR count). The lowest BCUT2D eigenvalue weighted by Crippen LogP contribution is -2.30. The fourth-order valence-electron chi connectivity index (χ4n) is 3.45. The second-order valence-electron chi connectivity index (χ2n) is 7.42. The minimum absolute atomic E-state index is 0.178. The molecule has 0 saturated carbocycles. The lowest BCUT2D eigenvalue weighted by Gasteiger charge is -2.23. The van der Waals surface area contributed by atoms with Gasteiger partial charge in [-0.15, -0.1) is 0 Å². The van der Waals surface area contributed by atoms with Crippen LogP contribution in [0.25, 0.3) is 0 Å². The van der Waals surface area contributed by atoms with E-state index in [1.54, 1.807) is 27.9 Å². The van der Waals surface area contributed by atoms with Gasteiger partial charge in [-0.1, -0.05) is 17.7 Å². The molecule has 1 aliphatic rings. The van der Waals surface area contributed by atoms with Crippen LogP contribution < -0.4 is 15.0 Å². The third kappa shape index (κ3) is 3.94. The van der Waals surface area contributed by atoms with Crippen LogP contribution in [0.1, 0.15) is 28.4 Å². The molecule has 1 amide bonds. The summed E-state index contributed by atoms with van der Waals surface area (Å²) in [7, 11) is 1.84. The van der Waals surface area contributed by atoms with Crippen LogP contribution in [0.5, 0.6) is 5.75 Å². The predicted molar refractivity (Wildman–Crippen MR) is 117 cm³/mol. The van der Waals surface area contributed by atoms with Crippen molar-refractivity contribution in [2.75, 3.05) is 10.2 Å². The van der Waals surface area contributed by atoms with E-state index in [0.29, 0.717) is 6.54 Å². The van der Waals surface area contributed by atoms with Crippen molar-refractivity contribution in [3.05, 3.63) is 64.3 Å². The number of carboxylic acid groups (broad SMARTS) is 1. The summed E-state index contributed by atoms with van der Waals surface area (Å²) < 4.78 is 7.08. The predicted octanol–water partition coefficient (Wildman–Crippen LogP) is 4.14. The molecular formula is C22H21ClN4O4. The molecule has 0 saturated heterocycles. The maximum Gasteiger partial charge on any atom is 0.344 e. The number of benzene rings is 2. The van der Waals surface area contributed by atoms with E-state index >= 15 is 0 Å². The van der Waals surface area contributed by atoms with Gasteiger partial charge in [-0.05, 0) is 49.7 Å². The third-order valence-electron chi connectivity index (χ3n) is 5.12. The standard InChI is InChI=1S/C22H21ClN4O4/c1-12-4-7-19-18(8-12)25-20-14(10-24-26(20)3)11-27(19)21(28)16-6-5-15(9-17(16)23)31-13(2)22(29)30/h4-10,13,25H,11H2,1-3H3,(H,29,30). The van der Waals surface area contributed by atoms with Crippen LogP contribution in [-0.2, 0) is 18.4 Å². The lowest BCUT2D eigenvalue weighted by molar-refractivity contribution is -0.144. The average molecular weight is 441 g/mol. The molecule has 2 N–H and O–H groups in total. The number of aliphatic carboxylic acids is 1. The van der Waals surface area contributed by atoms with Crippen molar-refractivity contribution in [2.24, 2.45) is 7.05 Å². The molecule has 9 heteroatoms. The van der Waals surface area contributed by atoms with E-state index in [2.05, 4.69) is 10.4 Å². The van der Waals surface area contributed by atoms with Crippen molar-refractivity contribution >= 4 is 40.7 Å². The first kappa shape index (κ1) is 20.7. The van der Waals surface area contributed by atoms with E-state index in [-0.39, 0.29) is 22.2 Å². The quantitative estimate of drug-likeness (QED) is 0.633. The summed E-state index contributed by atoms with van der Waals surface area (Å²) >= 11 is 6.40. The molecule has 1 aliphatic heterocycles. The van der Waals surface area contributed by atoms with Crippen molar-refractivity contribution in [1.29, 1.82) is 0 Å². The Morgan fingerprint density at radius 1 is 1.26 bits per heavy atom. The molecule has 2 aromatic carbocycles. The molecule has 1 atom stereocenters. The van der Waals surface area contributed by atoms with Crippen molar-refractivity contribution in [3.63, 3.8) is 0 Å². The van der Waals surface area contributed by atoms with Gasteiger partial charge in [-0.2, -0.15) is 5.10 Å². The molecule has 160 valence electrons. The van der Waals surface area contributed by atoms with E-state index in [9.17, 15) is 9.59 Å². The van der Waals surface area contributed by atoms with E-state index in [1.165, 1.54) is 13.0 Å². The number of ether oxygens (including phenoxy) is 1. The zero-order valence-corrected chi connectivity index (χ0v) is 18.0. The van der Waals surface area contributed by atoms with Gasteiger partial charge in [0.25, 0.3) is 5.91 Å². The molecule has 1 aromatic heterocycles. The van der Waals surface area contributed by atoms with Gasteiger partial charge in [0, 0.05) is 12.6 Å². The number of halogens is 1. The Morgan fingerprint density at radius 2 is 2.03 bits per heavy atom. The minimum Gasteiger partial charge on any atom is -0.479 e. The fourth-order valence-corrected chi connectivity index (χ4v) is 3.70. The fraction of sp³-hybridized carbons (Fsp3) is 0.227. The van der Waals surface area contributed by atoms with Gasteiger partial charge in [-0.3, -0.25) is 9.48 Å². The number of fused-ring (bicyclic) bond motifs is 2. The van der Waals surface area contributed by atoms with Crippen molar-refractivity contribution < 1.29 is 19.4 Å². The second-order valence-corrected chi connectivity index (χ2v) is 7.83.